The van der Waals surface area contributed by atoms with Gasteiger partial charge in [0.05, 0.1) is 7.05 Å². The van der Waals surface area contributed by atoms with Crippen LogP contribution in [-0.2, 0) is 24.2 Å². The van der Waals surface area contributed by atoms with Crippen molar-refractivity contribution < 1.29 is 14.7 Å². The third kappa shape index (κ3) is 7.10. The molecule has 0 aliphatic heterocycles. The van der Waals surface area contributed by atoms with E-state index >= 15 is 0 Å². The molecule has 1 aromatic heterocycles. The number of hydrogen-bond acceptors (Lipinski definition) is 2. The molecule has 4 aromatic carbocycles. The summed E-state index contributed by atoms with van der Waals surface area (Å²) in [6.07, 6.45) is 4.56. The average molecular weight is 602 g/mol. The zero-order chi connectivity index (χ0) is 32.1. The summed E-state index contributed by atoms with van der Waals surface area (Å²) < 4.78 is 2.47. The highest BCUT2D eigenvalue weighted by molar-refractivity contribution is 6.16. The molecule has 0 radical (unpaired) electrons. The molecule has 0 atom stereocenters. The Labute approximate surface area is 267 Å². The lowest BCUT2D eigenvalue weighted by molar-refractivity contribution is -0.137. The van der Waals surface area contributed by atoms with Crippen LogP contribution in [0, 0.1) is 11.8 Å². The summed E-state index contributed by atoms with van der Waals surface area (Å²) in [7, 11) is 2.22. The van der Waals surface area contributed by atoms with Crippen LogP contribution in [-0.4, -0.2) is 28.5 Å². The zero-order valence-corrected chi connectivity index (χ0v) is 27.2. The van der Waals surface area contributed by atoms with Gasteiger partial charge in [0.15, 0.2) is 5.78 Å². The Balaban J connectivity index is 1.50. The zero-order valence-electron chi connectivity index (χ0n) is 27.2. The molecule has 0 aliphatic rings. The molecule has 0 bridgehead atoms. The molecule has 0 fully saturated rings. The number of carboxylic acids is 1. The lowest BCUT2D eigenvalue weighted by Gasteiger charge is -2.33. The number of quaternary nitrogens is 1. The van der Waals surface area contributed by atoms with Crippen molar-refractivity contribution in [1.29, 1.82) is 0 Å². The Hall–Kier alpha value is -4.48. The fraction of sp³-hybridized carbons (Fsp3) is 0.300. The molecule has 1 N–H and O–H groups in total. The number of carbonyl (C=O) groups excluding carboxylic acids is 1. The quantitative estimate of drug-likeness (QED) is 0.108. The third-order valence-corrected chi connectivity index (χ3v) is 8.66. The number of fused-ring (bicyclic) bond motifs is 1. The van der Waals surface area contributed by atoms with Crippen LogP contribution in [0.1, 0.15) is 67.6 Å². The van der Waals surface area contributed by atoms with Gasteiger partial charge < -0.3 is 9.67 Å². The van der Waals surface area contributed by atoms with Crippen molar-refractivity contribution in [3.8, 4) is 0 Å². The molecule has 5 rings (SSSR count). The van der Waals surface area contributed by atoms with Crippen LogP contribution in [0.2, 0.25) is 0 Å². The van der Waals surface area contributed by atoms with E-state index in [1.165, 1.54) is 11.1 Å². The van der Waals surface area contributed by atoms with Crippen LogP contribution in [0.3, 0.4) is 0 Å². The molecule has 45 heavy (non-hydrogen) atoms. The van der Waals surface area contributed by atoms with Crippen LogP contribution in [0.5, 0.6) is 0 Å². The van der Waals surface area contributed by atoms with Gasteiger partial charge in [0.25, 0.3) is 0 Å². The monoisotopic (exact) mass is 601 g/mol. The highest BCUT2D eigenvalue weighted by Gasteiger charge is 2.32. The van der Waals surface area contributed by atoms with Crippen molar-refractivity contribution >= 4 is 39.7 Å². The summed E-state index contributed by atoms with van der Waals surface area (Å²) in [6.45, 7) is 9.51. The first kappa shape index (κ1) is 31.9. The van der Waals surface area contributed by atoms with E-state index < -0.39 is 5.97 Å². The van der Waals surface area contributed by atoms with Crippen LogP contribution in [0.25, 0.3) is 10.9 Å². The van der Waals surface area contributed by atoms with Gasteiger partial charge in [0.1, 0.15) is 17.1 Å². The summed E-state index contributed by atoms with van der Waals surface area (Å²) in [6, 6.07) is 33.7. The molecule has 0 spiro atoms. The standard InChI is InChI=1S/C40H44N2O3/c1-28(2)25-30-12-18-33(19-13-30)42(5,34-20-14-31(15-21-34)26-29(3)4)35-22-16-32(17-23-35)40(45)37-27-41(24-8-11-39(43)44)38-10-7-6-9-36(37)38/h6-7,9-10,12-23,27-29H,8,11,24-26H2,1-5H3/p+1. The summed E-state index contributed by atoms with van der Waals surface area (Å²) in [5.41, 5.74) is 8.23. The first-order chi connectivity index (χ1) is 21.6. The minimum atomic E-state index is -0.814. The smallest absolute Gasteiger partial charge is 0.303 e. The second-order valence-electron chi connectivity index (χ2n) is 13.2. The van der Waals surface area contributed by atoms with Gasteiger partial charge in [-0.2, -0.15) is 0 Å². The number of carboxylic acid groups (broad SMARTS) is 1. The molecular weight excluding hydrogens is 556 g/mol. The molecule has 0 aliphatic carbocycles. The topological polar surface area (TPSA) is 59.3 Å². The maximum absolute atomic E-state index is 13.9. The van der Waals surface area contributed by atoms with Crippen LogP contribution in [0.15, 0.2) is 103 Å². The van der Waals surface area contributed by atoms with Crippen molar-refractivity contribution in [2.24, 2.45) is 11.8 Å². The number of carbonyl (C=O) groups is 2. The van der Waals surface area contributed by atoms with E-state index in [2.05, 4.69) is 95.4 Å². The van der Waals surface area contributed by atoms with Crippen LogP contribution >= 0.6 is 0 Å². The maximum atomic E-state index is 13.9. The van der Waals surface area contributed by atoms with Gasteiger partial charge in [0.2, 0.25) is 0 Å². The third-order valence-electron chi connectivity index (χ3n) is 8.66. The van der Waals surface area contributed by atoms with E-state index in [9.17, 15) is 9.59 Å². The number of rotatable bonds is 13. The fourth-order valence-electron chi connectivity index (χ4n) is 6.33. The molecule has 5 nitrogen and oxygen atoms in total. The largest absolute Gasteiger partial charge is 0.481 e. The van der Waals surface area contributed by atoms with Crippen molar-refractivity contribution in [3.05, 3.63) is 126 Å². The van der Waals surface area contributed by atoms with E-state index in [0.717, 1.165) is 40.8 Å². The lowest BCUT2D eigenvalue weighted by Crippen LogP contribution is -2.33. The predicted molar refractivity (Wildman–Crippen MR) is 186 cm³/mol. The highest BCUT2D eigenvalue weighted by Crippen LogP contribution is 2.42. The normalized spacial score (nSPS) is 11.9. The molecule has 232 valence electrons. The minimum absolute atomic E-state index is 0.0417. The molecule has 5 aromatic rings. The molecule has 0 unspecified atom stereocenters. The summed E-state index contributed by atoms with van der Waals surface area (Å²) in [5.74, 6) is 0.328. The number of hydrogen-bond donors (Lipinski definition) is 1. The molecule has 0 amide bonds. The number of aryl methyl sites for hydroxylation is 1. The molecular formula is C40H45N2O3+. The van der Waals surface area contributed by atoms with E-state index in [-0.39, 0.29) is 12.2 Å². The first-order valence-electron chi connectivity index (χ1n) is 16.1. The number of aliphatic carboxylic acids is 1. The van der Waals surface area contributed by atoms with Gasteiger partial charge in [-0.05, 0) is 60.4 Å². The van der Waals surface area contributed by atoms with Crippen molar-refractivity contribution in [2.75, 3.05) is 7.05 Å². The maximum Gasteiger partial charge on any atom is 0.303 e. The number of benzene rings is 4. The summed E-state index contributed by atoms with van der Waals surface area (Å²) in [5, 5.41) is 9.97. The molecule has 5 heteroatoms. The van der Waals surface area contributed by atoms with E-state index in [0.29, 0.717) is 40.4 Å². The lowest BCUT2D eigenvalue weighted by atomic mass is 9.99. The van der Waals surface area contributed by atoms with Gasteiger partial charge >= 0.3 is 5.97 Å². The first-order valence-corrected chi connectivity index (χ1v) is 16.1. The van der Waals surface area contributed by atoms with Gasteiger partial charge in [-0.3, -0.25) is 9.59 Å². The van der Waals surface area contributed by atoms with E-state index in [1.807, 2.05) is 47.2 Å². The minimum Gasteiger partial charge on any atom is -0.481 e. The van der Waals surface area contributed by atoms with Crippen molar-refractivity contribution in [2.45, 2.75) is 59.9 Å². The second kappa shape index (κ2) is 13.7. The Morgan fingerprint density at radius 2 is 1.20 bits per heavy atom. The molecule has 0 saturated heterocycles. The number of nitrogens with zero attached hydrogens (tertiary/aromatic N) is 2. The Kier molecular flexibility index (Phi) is 9.69. The molecule has 1 heterocycles. The molecule has 0 saturated carbocycles. The van der Waals surface area contributed by atoms with Crippen LogP contribution < -0.4 is 4.48 Å². The Morgan fingerprint density at radius 1 is 0.711 bits per heavy atom. The van der Waals surface area contributed by atoms with Crippen molar-refractivity contribution in [1.82, 2.24) is 9.05 Å². The van der Waals surface area contributed by atoms with E-state index in [1.54, 1.807) is 0 Å². The SMILES string of the molecule is CC(C)Cc1ccc([N+](C)(c2ccc(CC(C)C)cc2)c2ccc(C(=O)c3cn(CCCC(=O)O)c4ccccc34)cc2)cc1. The summed E-state index contributed by atoms with van der Waals surface area (Å²) >= 11 is 0. The number of aromatic nitrogens is 1. The van der Waals surface area contributed by atoms with Crippen LogP contribution in [0.4, 0.5) is 17.1 Å². The van der Waals surface area contributed by atoms with Gasteiger partial charge in [0, 0.05) is 77.6 Å². The van der Waals surface area contributed by atoms with Gasteiger partial charge in [-0.25, -0.2) is 4.48 Å². The Morgan fingerprint density at radius 3 is 1.69 bits per heavy atom. The highest BCUT2D eigenvalue weighted by atomic mass is 16.4. The van der Waals surface area contributed by atoms with Gasteiger partial charge in [-0.1, -0.05) is 70.2 Å². The fourth-order valence-corrected chi connectivity index (χ4v) is 6.33. The second-order valence-corrected chi connectivity index (χ2v) is 13.2. The number of para-hydroxylation sites is 1. The van der Waals surface area contributed by atoms with Crippen molar-refractivity contribution in [3.63, 3.8) is 0 Å². The van der Waals surface area contributed by atoms with E-state index in [4.69, 9.17) is 5.11 Å². The number of ketones is 1. The average Bonchev–Trinajstić information content (AvgIpc) is 3.39. The summed E-state index contributed by atoms with van der Waals surface area (Å²) in [4.78, 5) is 25.0. The predicted octanol–water partition coefficient (Wildman–Crippen LogP) is 9.73. The Bertz CT molecular complexity index is 1710. The van der Waals surface area contributed by atoms with Gasteiger partial charge in [-0.15, -0.1) is 0 Å².